The van der Waals surface area contributed by atoms with E-state index in [-0.39, 0.29) is 5.97 Å². The Bertz CT molecular complexity index is 549. The monoisotopic (exact) mass is 310 g/mol. The van der Waals surface area contributed by atoms with E-state index in [2.05, 4.69) is 35.2 Å². The number of hydrogen-bond acceptors (Lipinski definition) is 6. The van der Waals surface area contributed by atoms with Gasteiger partial charge in [-0.1, -0.05) is 6.07 Å². The van der Waals surface area contributed by atoms with Crippen molar-refractivity contribution in [3.63, 3.8) is 0 Å². The number of ether oxygens (including phenoxy) is 1. The third-order valence-electron chi connectivity index (χ3n) is 2.75. The molecular weight excluding hydrogens is 292 g/mol. The van der Waals surface area contributed by atoms with Crippen LogP contribution in [-0.2, 0) is 11.3 Å². The van der Waals surface area contributed by atoms with E-state index in [0.29, 0.717) is 18.3 Å². The van der Waals surface area contributed by atoms with Crippen LogP contribution < -0.4 is 4.90 Å². The lowest BCUT2D eigenvalue weighted by Gasteiger charge is -2.25. The summed E-state index contributed by atoms with van der Waals surface area (Å²) in [5, 5.41) is 4.69. The first-order valence-electron chi connectivity index (χ1n) is 6.53. The van der Waals surface area contributed by atoms with E-state index in [1.54, 1.807) is 23.6 Å². The van der Waals surface area contributed by atoms with E-state index >= 15 is 0 Å². The Kier molecular flexibility index (Phi) is 5.14. The number of anilines is 1. The summed E-state index contributed by atoms with van der Waals surface area (Å²) in [6.07, 6.45) is 0. The Morgan fingerprint density at radius 3 is 2.85 bits per heavy atom. The number of hydrogen-bond donors (Lipinski definition) is 0. The quantitative estimate of drug-likeness (QED) is 0.761. The van der Waals surface area contributed by atoms with Gasteiger partial charge in [-0.05, 0) is 32.2 Å². The third-order valence-corrected chi connectivity index (χ3v) is 4.49. The van der Waals surface area contributed by atoms with Gasteiger partial charge >= 0.3 is 5.97 Å². The first-order chi connectivity index (χ1) is 9.61. The zero-order valence-electron chi connectivity index (χ0n) is 11.8. The first kappa shape index (κ1) is 15.0. The fourth-order valence-corrected chi connectivity index (χ4v) is 3.37. The molecule has 6 heteroatoms. The van der Waals surface area contributed by atoms with Crippen molar-refractivity contribution in [2.24, 2.45) is 0 Å². The maximum atomic E-state index is 11.7. The smallest absolute Gasteiger partial charge is 0.357 e. The molecule has 0 N–H and O–H groups in total. The maximum absolute atomic E-state index is 11.7. The fraction of sp³-hybridized carbons (Fsp3) is 0.429. The van der Waals surface area contributed by atoms with Crippen molar-refractivity contribution in [2.45, 2.75) is 33.4 Å². The van der Waals surface area contributed by atoms with Gasteiger partial charge in [-0.2, -0.15) is 0 Å². The van der Waals surface area contributed by atoms with Crippen molar-refractivity contribution >= 4 is 33.8 Å². The second-order valence-corrected chi connectivity index (χ2v) is 6.41. The zero-order chi connectivity index (χ0) is 14.5. The summed E-state index contributed by atoms with van der Waals surface area (Å²) in [6, 6.07) is 4.47. The summed E-state index contributed by atoms with van der Waals surface area (Å²) in [5.74, 6) is -0.352. The minimum absolute atomic E-state index is 0.318. The average molecular weight is 310 g/mol. The minimum Gasteiger partial charge on any atom is -0.461 e. The molecule has 0 atom stereocenters. The predicted molar refractivity (Wildman–Crippen MR) is 83.7 cm³/mol. The molecule has 0 saturated heterocycles. The Morgan fingerprint density at radius 2 is 2.25 bits per heavy atom. The van der Waals surface area contributed by atoms with Crippen LogP contribution in [-0.4, -0.2) is 23.6 Å². The molecule has 0 fully saturated rings. The van der Waals surface area contributed by atoms with Gasteiger partial charge in [-0.3, -0.25) is 0 Å². The van der Waals surface area contributed by atoms with Crippen molar-refractivity contribution in [3.8, 4) is 0 Å². The van der Waals surface area contributed by atoms with Crippen molar-refractivity contribution in [1.29, 1.82) is 0 Å². The number of rotatable bonds is 6. The molecule has 0 saturated carbocycles. The molecular formula is C14H18N2O2S2. The summed E-state index contributed by atoms with van der Waals surface area (Å²) in [7, 11) is 0. The number of aromatic nitrogens is 1. The summed E-state index contributed by atoms with van der Waals surface area (Å²) in [6.45, 7) is 7.22. The molecule has 0 aliphatic heterocycles. The van der Waals surface area contributed by atoms with E-state index in [4.69, 9.17) is 4.74 Å². The van der Waals surface area contributed by atoms with Gasteiger partial charge in [0, 0.05) is 16.3 Å². The summed E-state index contributed by atoms with van der Waals surface area (Å²) < 4.78 is 4.98. The fourth-order valence-electron chi connectivity index (χ4n) is 1.74. The molecule has 108 valence electrons. The van der Waals surface area contributed by atoms with Gasteiger partial charge < -0.3 is 9.64 Å². The molecule has 2 heterocycles. The topological polar surface area (TPSA) is 42.4 Å². The lowest BCUT2D eigenvalue weighted by atomic mass is 10.3. The summed E-state index contributed by atoms with van der Waals surface area (Å²) in [4.78, 5) is 19.6. The normalized spacial score (nSPS) is 10.8. The second-order valence-electron chi connectivity index (χ2n) is 4.54. The molecule has 2 aromatic heterocycles. The molecule has 0 radical (unpaired) electrons. The van der Waals surface area contributed by atoms with Crippen LogP contribution in [0.4, 0.5) is 5.13 Å². The molecule has 0 spiro atoms. The highest BCUT2D eigenvalue weighted by Crippen LogP contribution is 2.26. The standard InChI is InChI=1S/C14H18N2O2S2/c1-4-18-13(17)12-9-20-14(15-12)16(10(2)3)8-11-6-5-7-19-11/h5-7,9-10H,4,8H2,1-3H3. The van der Waals surface area contributed by atoms with Crippen molar-refractivity contribution < 1.29 is 9.53 Å². The molecule has 20 heavy (non-hydrogen) atoms. The number of carbonyl (C=O) groups is 1. The van der Waals surface area contributed by atoms with Gasteiger partial charge in [-0.15, -0.1) is 22.7 Å². The van der Waals surface area contributed by atoms with E-state index in [1.165, 1.54) is 16.2 Å². The highest BCUT2D eigenvalue weighted by molar-refractivity contribution is 7.14. The molecule has 2 rings (SSSR count). The van der Waals surface area contributed by atoms with Gasteiger partial charge in [0.2, 0.25) is 0 Å². The highest BCUT2D eigenvalue weighted by Gasteiger charge is 2.18. The third kappa shape index (κ3) is 3.58. The molecule has 0 aliphatic carbocycles. The molecule has 0 aliphatic rings. The summed E-state index contributed by atoms with van der Waals surface area (Å²) in [5.41, 5.74) is 0.392. The van der Waals surface area contributed by atoms with E-state index < -0.39 is 0 Å². The molecule has 2 aromatic rings. The largest absolute Gasteiger partial charge is 0.461 e. The number of nitrogens with zero attached hydrogens (tertiary/aromatic N) is 2. The predicted octanol–water partition coefficient (Wildman–Crippen LogP) is 3.80. The Labute approximate surface area is 127 Å². The Morgan fingerprint density at radius 1 is 1.45 bits per heavy atom. The van der Waals surface area contributed by atoms with Gasteiger partial charge in [0.05, 0.1) is 13.2 Å². The van der Waals surface area contributed by atoms with Crippen molar-refractivity contribution in [3.05, 3.63) is 33.5 Å². The number of thiophene rings is 1. The first-order valence-corrected chi connectivity index (χ1v) is 8.29. The lowest BCUT2D eigenvalue weighted by Crippen LogP contribution is -2.29. The molecule has 0 unspecified atom stereocenters. The highest BCUT2D eigenvalue weighted by atomic mass is 32.1. The van der Waals surface area contributed by atoms with Crippen LogP contribution >= 0.6 is 22.7 Å². The van der Waals surface area contributed by atoms with E-state index in [1.807, 2.05) is 6.07 Å². The number of thiazole rings is 1. The zero-order valence-corrected chi connectivity index (χ0v) is 13.5. The van der Waals surface area contributed by atoms with Gasteiger partial charge in [-0.25, -0.2) is 9.78 Å². The van der Waals surface area contributed by atoms with Crippen molar-refractivity contribution in [2.75, 3.05) is 11.5 Å². The molecule has 0 aromatic carbocycles. The van der Waals surface area contributed by atoms with E-state index in [9.17, 15) is 4.79 Å². The van der Waals surface area contributed by atoms with Crippen LogP contribution in [0.15, 0.2) is 22.9 Å². The number of esters is 1. The maximum Gasteiger partial charge on any atom is 0.357 e. The second kappa shape index (κ2) is 6.85. The SMILES string of the molecule is CCOC(=O)c1csc(N(Cc2cccs2)C(C)C)n1. The molecule has 4 nitrogen and oxygen atoms in total. The van der Waals surface area contributed by atoms with Crippen LogP contribution in [0.2, 0.25) is 0 Å². The average Bonchev–Trinajstić information content (AvgIpc) is 3.07. The van der Waals surface area contributed by atoms with Gasteiger partial charge in [0.25, 0.3) is 0 Å². The summed E-state index contributed by atoms with van der Waals surface area (Å²) >= 11 is 3.21. The Balaban J connectivity index is 2.15. The van der Waals surface area contributed by atoms with Crippen LogP contribution in [0.25, 0.3) is 0 Å². The van der Waals surface area contributed by atoms with Crippen molar-refractivity contribution in [1.82, 2.24) is 4.98 Å². The van der Waals surface area contributed by atoms with Gasteiger partial charge in [0.1, 0.15) is 0 Å². The minimum atomic E-state index is -0.352. The number of carbonyl (C=O) groups excluding carboxylic acids is 1. The van der Waals surface area contributed by atoms with Crippen LogP contribution in [0.3, 0.4) is 0 Å². The van der Waals surface area contributed by atoms with Crippen LogP contribution in [0, 0.1) is 0 Å². The molecule has 0 amide bonds. The van der Waals surface area contributed by atoms with E-state index in [0.717, 1.165) is 11.7 Å². The van der Waals surface area contributed by atoms with Gasteiger partial charge in [0.15, 0.2) is 10.8 Å². The lowest BCUT2D eigenvalue weighted by molar-refractivity contribution is 0.0520. The van der Waals surface area contributed by atoms with Crippen LogP contribution in [0.1, 0.15) is 36.1 Å². The Hall–Kier alpha value is -1.40. The van der Waals surface area contributed by atoms with Crippen LogP contribution in [0.5, 0.6) is 0 Å². The molecule has 0 bridgehead atoms.